The Morgan fingerprint density at radius 3 is 2.95 bits per heavy atom. The van der Waals surface area contributed by atoms with Crippen molar-refractivity contribution in [3.05, 3.63) is 41.5 Å². The number of hydrogen-bond acceptors (Lipinski definition) is 4. The van der Waals surface area contributed by atoms with Gasteiger partial charge in [-0.05, 0) is 19.9 Å². The molecule has 0 aliphatic rings. The van der Waals surface area contributed by atoms with Crippen molar-refractivity contribution in [1.29, 1.82) is 0 Å². The Labute approximate surface area is 111 Å². The second kappa shape index (κ2) is 5.99. The zero-order chi connectivity index (χ0) is 13.7. The summed E-state index contributed by atoms with van der Waals surface area (Å²) in [6, 6.07) is 1.79. The first-order chi connectivity index (χ1) is 9.22. The van der Waals surface area contributed by atoms with Gasteiger partial charge in [-0.3, -0.25) is 14.9 Å². The molecule has 0 bridgehead atoms. The number of H-pyrrole nitrogens is 1. The minimum Gasteiger partial charge on any atom is -0.385 e. The van der Waals surface area contributed by atoms with E-state index in [1.807, 2.05) is 13.8 Å². The summed E-state index contributed by atoms with van der Waals surface area (Å²) in [5.41, 5.74) is 3.27. The van der Waals surface area contributed by atoms with Gasteiger partial charge in [0.2, 0.25) is 0 Å². The average Bonchev–Trinajstić information content (AvgIpc) is 2.82. The standard InChI is InChI=1S/C13H17N5O/c1-3-15-12-4-5-14-8-11(12)13(19)16-6-10-7-17-18-9(10)2/h4-5,7-8H,3,6H2,1-2H3,(H,14,15)(H,16,19)(H,17,18). The monoisotopic (exact) mass is 259 g/mol. The Kier molecular flexibility index (Phi) is 4.12. The molecule has 0 radical (unpaired) electrons. The van der Waals surface area contributed by atoms with Crippen LogP contribution in [0.2, 0.25) is 0 Å². The molecule has 19 heavy (non-hydrogen) atoms. The third-order valence-corrected chi connectivity index (χ3v) is 2.81. The summed E-state index contributed by atoms with van der Waals surface area (Å²) in [5.74, 6) is -0.148. The van der Waals surface area contributed by atoms with Crippen molar-refractivity contribution in [2.75, 3.05) is 11.9 Å². The van der Waals surface area contributed by atoms with E-state index in [2.05, 4.69) is 25.8 Å². The molecule has 2 aromatic rings. The minimum absolute atomic E-state index is 0.148. The lowest BCUT2D eigenvalue weighted by Gasteiger charge is -2.10. The largest absolute Gasteiger partial charge is 0.385 e. The minimum atomic E-state index is -0.148. The van der Waals surface area contributed by atoms with Gasteiger partial charge >= 0.3 is 0 Å². The van der Waals surface area contributed by atoms with Gasteiger partial charge in [-0.2, -0.15) is 5.10 Å². The molecule has 0 aliphatic heterocycles. The topological polar surface area (TPSA) is 82.7 Å². The summed E-state index contributed by atoms with van der Waals surface area (Å²) in [6.07, 6.45) is 4.94. The summed E-state index contributed by atoms with van der Waals surface area (Å²) in [4.78, 5) is 16.1. The van der Waals surface area contributed by atoms with Crippen LogP contribution in [0.25, 0.3) is 0 Å². The summed E-state index contributed by atoms with van der Waals surface area (Å²) < 4.78 is 0. The van der Waals surface area contributed by atoms with Crippen LogP contribution in [0, 0.1) is 6.92 Å². The van der Waals surface area contributed by atoms with E-state index < -0.39 is 0 Å². The van der Waals surface area contributed by atoms with Gasteiger partial charge in [0.05, 0.1) is 17.4 Å². The van der Waals surface area contributed by atoms with Crippen LogP contribution in [0.1, 0.15) is 28.5 Å². The Bertz CT molecular complexity index is 564. The molecule has 0 aliphatic carbocycles. The van der Waals surface area contributed by atoms with Gasteiger partial charge in [0, 0.05) is 36.7 Å². The number of aromatic nitrogens is 3. The van der Waals surface area contributed by atoms with Crippen LogP contribution in [0.5, 0.6) is 0 Å². The second-order valence-electron chi connectivity index (χ2n) is 4.15. The fourth-order valence-electron chi connectivity index (χ4n) is 1.74. The van der Waals surface area contributed by atoms with Crippen molar-refractivity contribution in [2.24, 2.45) is 0 Å². The summed E-state index contributed by atoms with van der Waals surface area (Å²) in [7, 11) is 0. The van der Waals surface area contributed by atoms with Crippen LogP contribution in [0.4, 0.5) is 5.69 Å². The SMILES string of the molecule is CCNc1ccncc1C(=O)NCc1cn[nH]c1C. The number of hydrogen-bond donors (Lipinski definition) is 3. The average molecular weight is 259 g/mol. The summed E-state index contributed by atoms with van der Waals surface area (Å²) in [6.45, 7) is 5.10. The first kappa shape index (κ1) is 13.1. The highest BCUT2D eigenvalue weighted by molar-refractivity contribution is 5.99. The number of aromatic amines is 1. The highest BCUT2D eigenvalue weighted by Crippen LogP contribution is 2.13. The predicted octanol–water partition coefficient (Wildman–Crippen LogP) is 1.47. The van der Waals surface area contributed by atoms with E-state index in [1.54, 1.807) is 24.7 Å². The van der Waals surface area contributed by atoms with Crippen LogP contribution in [0.15, 0.2) is 24.7 Å². The molecule has 1 amide bonds. The van der Waals surface area contributed by atoms with Gasteiger partial charge < -0.3 is 10.6 Å². The molecule has 2 heterocycles. The van der Waals surface area contributed by atoms with E-state index in [0.29, 0.717) is 12.1 Å². The van der Waals surface area contributed by atoms with Gasteiger partial charge in [0.1, 0.15) is 0 Å². The van der Waals surface area contributed by atoms with Crippen molar-refractivity contribution < 1.29 is 4.79 Å². The van der Waals surface area contributed by atoms with E-state index in [9.17, 15) is 4.79 Å². The lowest BCUT2D eigenvalue weighted by Crippen LogP contribution is -2.24. The van der Waals surface area contributed by atoms with Gasteiger partial charge in [-0.15, -0.1) is 0 Å². The van der Waals surface area contributed by atoms with Gasteiger partial charge in [0.25, 0.3) is 5.91 Å². The lowest BCUT2D eigenvalue weighted by molar-refractivity contribution is 0.0951. The molecular weight excluding hydrogens is 242 g/mol. The third-order valence-electron chi connectivity index (χ3n) is 2.81. The molecule has 0 unspecified atom stereocenters. The molecule has 0 saturated carbocycles. The zero-order valence-electron chi connectivity index (χ0n) is 11.0. The predicted molar refractivity (Wildman–Crippen MR) is 72.9 cm³/mol. The van der Waals surface area contributed by atoms with E-state index in [0.717, 1.165) is 23.5 Å². The molecule has 2 rings (SSSR count). The van der Waals surface area contributed by atoms with Crippen molar-refractivity contribution in [3.8, 4) is 0 Å². The maximum atomic E-state index is 12.1. The smallest absolute Gasteiger partial charge is 0.255 e. The van der Waals surface area contributed by atoms with E-state index >= 15 is 0 Å². The number of amides is 1. The van der Waals surface area contributed by atoms with Crippen LogP contribution < -0.4 is 10.6 Å². The van der Waals surface area contributed by atoms with Crippen LogP contribution >= 0.6 is 0 Å². The van der Waals surface area contributed by atoms with Crippen LogP contribution in [-0.4, -0.2) is 27.6 Å². The van der Waals surface area contributed by atoms with Gasteiger partial charge in [0.15, 0.2) is 0 Å². The number of aryl methyl sites for hydroxylation is 1. The fourth-order valence-corrected chi connectivity index (χ4v) is 1.74. The number of pyridine rings is 1. The van der Waals surface area contributed by atoms with Crippen molar-refractivity contribution in [3.63, 3.8) is 0 Å². The van der Waals surface area contributed by atoms with E-state index in [-0.39, 0.29) is 5.91 Å². The maximum absolute atomic E-state index is 12.1. The Morgan fingerprint density at radius 1 is 1.42 bits per heavy atom. The molecule has 100 valence electrons. The van der Waals surface area contributed by atoms with Gasteiger partial charge in [-0.25, -0.2) is 0 Å². The molecule has 6 nitrogen and oxygen atoms in total. The molecular formula is C13H17N5O. The van der Waals surface area contributed by atoms with Crippen LogP contribution in [0.3, 0.4) is 0 Å². The lowest BCUT2D eigenvalue weighted by atomic mass is 10.2. The van der Waals surface area contributed by atoms with Crippen molar-refractivity contribution in [1.82, 2.24) is 20.5 Å². The molecule has 0 atom stereocenters. The summed E-state index contributed by atoms with van der Waals surface area (Å²) >= 11 is 0. The maximum Gasteiger partial charge on any atom is 0.255 e. The molecule has 0 saturated heterocycles. The number of nitrogens with zero attached hydrogens (tertiary/aromatic N) is 2. The molecule has 2 aromatic heterocycles. The highest BCUT2D eigenvalue weighted by atomic mass is 16.1. The molecule has 0 spiro atoms. The van der Waals surface area contributed by atoms with E-state index in [1.165, 1.54) is 0 Å². The number of carbonyl (C=O) groups excluding carboxylic acids is 1. The molecule has 0 fully saturated rings. The fraction of sp³-hybridized carbons (Fsp3) is 0.308. The molecule has 6 heteroatoms. The Hall–Kier alpha value is -2.37. The highest BCUT2D eigenvalue weighted by Gasteiger charge is 2.11. The van der Waals surface area contributed by atoms with Crippen LogP contribution in [-0.2, 0) is 6.54 Å². The van der Waals surface area contributed by atoms with Crippen molar-refractivity contribution >= 4 is 11.6 Å². The quantitative estimate of drug-likeness (QED) is 0.759. The van der Waals surface area contributed by atoms with E-state index in [4.69, 9.17) is 0 Å². The Morgan fingerprint density at radius 2 is 2.26 bits per heavy atom. The number of nitrogens with one attached hydrogen (secondary N) is 3. The Balaban J connectivity index is 2.06. The number of carbonyl (C=O) groups is 1. The number of rotatable bonds is 5. The first-order valence-electron chi connectivity index (χ1n) is 6.17. The van der Waals surface area contributed by atoms with Crippen molar-refractivity contribution in [2.45, 2.75) is 20.4 Å². The van der Waals surface area contributed by atoms with Gasteiger partial charge in [-0.1, -0.05) is 0 Å². The number of anilines is 1. The second-order valence-corrected chi connectivity index (χ2v) is 4.15. The third kappa shape index (κ3) is 3.09. The molecule has 3 N–H and O–H groups in total. The summed E-state index contributed by atoms with van der Waals surface area (Å²) in [5, 5.41) is 12.8. The first-order valence-corrected chi connectivity index (χ1v) is 6.17. The zero-order valence-corrected chi connectivity index (χ0v) is 11.0. The normalized spacial score (nSPS) is 10.2. The molecule has 0 aromatic carbocycles.